The number of nitrogens with zero attached hydrogens (tertiary/aromatic N) is 3. The summed E-state index contributed by atoms with van der Waals surface area (Å²) in [6.07, 6.45) is 0.883. The van der Waals surface area contributed by atoms with Crippen LogP contribution in [-0.4, -0.2) is 20.8 Å². The topological polar surface area (TPSA) is 56.7 Å². The summed E-state index contributed by atoms with van der Waals surface area (Å²) in [5.74, 6) is 0. The lowest BCUT2D eigenvalue weighted by Crippen LogP contribution is -2.18. The van der Waals surface area contributed by atoms with Crippen molar-refractivity contribution in [2.45, 2.75) is 53.6 Å². The first-order chi connectivity index (χ1) is 8.88. The normalized spacial score (nSPS) is 12.9. The Hall–Kier alpha value is -1.20. The fourth-order valence-electron chi connectivity index (χ4n) is 2.24. The minimum Gasteiger partial charge on any atom is -0.328 e. The predicted octanol–water partition coefficient (Wildman–Crippen LogP) is 2.51. The second kappa shape index (κ2) is 5.43. The van der Waals surface area contributed by atoms with Gasteiger partial charge in [0.15, 0.2) is 0 Å². The van der Waals surface area contributed by atoms with Crippen LogP contribution in [0.5, 0.6) is 0 Å². The van der Waals surface area contributed by atoms with Crippen LogP contribution in [0.2, 0.25) is 0 Å². The fraction of sp³-hybridized carbons (Fsp3) is 0.571. The van der Waals surface area contributed by atoms with Gasteiger partial charge in [0, 0.05) is 16.6 Å². The van der Waals surface area contributed by atoms with E-state index < -0.39 is 0 Å². The number of nitrogens with two attached hydrogens (primary N) is 1. The van der Waals surface area contributed by atoms with Crippen LogP contribution in [0.3, 0.4) is 0 Å². The van der Waals surface area contributed by atoms with Gasteiger partial charge in [-0.25, -0.2) is 4.98 Å². The van der Waals surface area contributed by atoms with Crippen molar-refractivity contribution in [2.24, 2.45) is 5.73 Å². The second-order valence-corrected chi connectivity index (χ2v) is 6.53. The van der Waals surface area contributed by atoms with Crippen LogP contribution in [0, 0.1) is 27.7 Å². The Bertz CT molecular complexity index is 561. The van der Waals surface area contributed by atoms with Crippen molar-refractivity contribution in [3.05, 3.63) is 32.5 Å². The van der Waals surface area contributed by atoms with Crippen molar-refractivity contribution in [1.82, 2.24) is 14.8 Å². The third-order valence-corrected chi connectivity index (χ3v) is 4.47. The minimum atomic E-state index is 0.166. The summed E-state index contributed by atoms with van der Waals surface area (Å²) in [4.78, 5) is 5.86. The van der Waals surface area contributed by atoms with E-state index in [1.807, 2.05) is 11.6 Å². The highest BCUT2D eigenvalue weighted by Gasteiger charge is 2.14. The molecule has 0 aromatic carbocycles. The van der Waals surface area contributed by atoms with Crippen molar-refractivity contribution in [3.8, 4) is 0 Å². The first-order valence-electron chi connectivity index (χ1n) is 6.59. The number of aryl methyl sites for hydroxylation is 3. The van der Waals surface area contributed by atoms with Gasteiger partial charge in [-0.1, -0.05) is 0 Å². The highest BCUT2D eigenvalue weighted by atomic mass is 32.1. The molecule has 0 bridgehead atoms. The maximum atomic E-state index is 5.90. The average Bonchev–Trinajstić information content (AvgIpc) is 2.74. The summed E-state index contributed by atoms with van der Waals surface area (Å²) in [7, 11) is 0. The maximum Gasteiger partial charge on any atom is 0.115 e. The Morgan fingerprint density at radius 1 is 1.21 bits per heavy atom. The third-order valence-electron chi connectivity index (χ3n) is 3.42. The first-order valence-corrected chi connectivity index (χ1v) is 7.41. The number of thiazole rings is 1. The van der Waals surface area contributed by atoms with Gasteiger partial charge in [0.25, 0.3) is 0 Å². The van der Waals surface area contributed by atoms with Crippen molar-refractivity contribution in [2.75, 3.05) is 0 Å². The van der Waals surface area contributed by atoms with E-state index in [9.17, 15) is 0 Å². The summed E-state index contributed by atoms with van der Waals surface area (Å²) in [5, 5.41) is 5.74. The Morgan fingerprint density at radius 2 is 1.89 bits per heavy atom. The molecule has 0 radical (unpaired) electrons. The molecule has 0 saturated carbocycles. The van der Waals surface area contributed by atoms with Crippen LogP contribution in [0.15, 0.2) is 0 Å². The maximum absolute atomic E-state index is 5.90. The van der Waals surface area contributed by atoms with Crippen molar-refractivity contribution < 1.29 is 0 Å². The Kier molecular flexibility index (Phi) is 4.06. The first kappa shape index (κ1) is 14.2. The van der Waals surface area contributed by atoms with E-state index in [0.717, 1.165) is 29.4 Å². The zero-order chi connectivity index (χ0) is 14.2. The van der Waals surface area contributed by atoms with Gasteiger partial charge < -0.3 is 5.73 Å². The minimum absolute atomic E-state index is 0.166. The van der Waals surface area contributed by atoms with Gasteiger partial charge in [-0.15, -0.1) is 11.3 Å². The Labute approximate surface area is 118 Å². The van der Waals surface area contributed by atoms with Gasteiger partial charge in [0.2, 0.25) is 0 Å². The SMILES string of the molecule is Cc1nc(Cn2nc(C)c(CC(C)N)c2C)sc1C. The van der Waals surface area contributed by atoms with Gasteiger partial charge in [-0.3, -0.25) is 4.68 Å². The van der Waals surface area contributed by atoms with Crippen molar-refractivity contribution >= 4 is 11.3 Å². The van der Waals surface area contributed by atoms with Crippen LogP contribution in [0.25, 0.3) is 0 Å². The van der Waals surface area contributed by atoms with E-state index in [2.05, 4.69) is 37.8 Å². The zero-order valence-electron chi connectivity index (χ0n) is 12.3. The summed E-state index contributed by atoms with van der Waals surface area (Å²) in [6, 6.07) is 0.166. The number of hydrogen-bond acceptors (Lipinski definition) is 4. The van der Waals surface area contributed by atoms with Gasteiger partial charge in [0.05, 0.1) is 17.9 Å². The van der Waals surface area contributed by atoms with Crippen LogP contribution < -0.4 is 5.73 Å². The Balaban J connectivity index is 2.26. The molecule has 0 amide bonds. The lowest BCUT2D eigenvalue weighted by molar-refractivity contribution is 0.652. The van der Waals surface area contributed by atoms with Gasteiger partial charge in [0.1, 0.15) is 5.01 Å². The number of rotatable bonds is 4. The summed E-state index contributed by atoms with van der Waals surface area (Å²) >= 11 is 1.75. The van der Waals surface area contributed by atoms with E-state index >= 15 is 0 Å². The second-order valence-electron chi connectivity index (χ2n) is 5.24. The van der Waals surface area contributed by atoms with Crippen LogP contribution in [0.1, 0.15) is 39.5 Å². The molecule has 104 valence electrons. The van der Waals surface area contributed by atoms with Crippen LogP contribution in [0.4, 0.5) is 0 Å². The highest BCUT2D eigenvalue weighted by molar-refractivity contribution is 7.11. The monoisotopic (exact) mass is 278 g/mol. The van der Waals surface area contributed by atoms with Crippen LogP contribution >= 0.6 is 11.3 Å². The summed E-state index contributed by atoms with van der Waals surface area (Å²) in [6.45, 7) is 11.1. The standard InChI is InChI=1S/C14H22N4S/c1-8(15)6-13-10(3)17-18(11(13)4)7-14-16-9(2)12(5)19-14/h8H,6-7,15H2,1-5H3. The smallest absolute Gasteiger partial charge is 0.115 e. The molecule has 0 spiro atoms. The number of hydrogen-bond donors (Lipinski definition) is 1. The zero-order valence-corrected chi connectivity index (χ0v) is 13.1. The van der Waals surface area contributed by atoms with E-state index in [-0.39, 0.29) is 6.04 Å². The molecule has 0 aliphatic rings. The molecule has 0 fully saturated rings. The molecule has 1 atom stereocenters. The van der Waals surface area contributed by atoms with E-state index in [4.69, 9.17) is 5.73 Å². The number of aromatic nitrogens is 3. The van der Waals surface area contributed by atoms with Crippen molar-refractivity contribution in [1.29, 1.82) is 0 Å². The molecule has 1 unspecified atom stereocenters. The molecule has 2 N–H and O–H groups in total. The molecule has 0 aliphatic heterocycles. The molecule has 0 saturated heterocycles. The van der Waals surface area contributed by atoms with Crippen molar-refractivity contribution in [3.63, 3.8) is 0 Å². The largest absolute Gasteiger partial charge is 0.328 e. The summed E-state index contributed by atoms with van der Waals surface area (Å²) in [5.41, 5.74) is 10.6. The molecule has 2 aromatic rings. The molecule has 5 heteroatoms. The van der Waals surface area contributed by atoms with E-state index in [1.165, 1.54) is 16.1 Å². The third kappa shape index (κ3) is 3.04. The Morgan fingerprint density at radius 3 is 2.42 bits per heavy atom. The molecular weight excluding hydrogens is 256 g/mol. The molecule has 19 heavy (non-hydrogen) atoms. The van der Waals surface area contributed by atoms with E-state index in [0.29, 0.717) is 0 Å². The van der Waals surface area contributed by atoms with E-state index in [1.54, 1.807) is 11.3 Å². The van der Waals surface area contributed by atoms with Gasteiger partial charge in [-0.05, 0) is 46.6 Å². The average molecular weight is 278 g/mol. The summed E-state index contributed by atoms with van der Waals surface area (Å²) < 4.78 is 2.05. The quantitative estimate of drug-likeness (QED) is 0.935. The molecular formula is C14H22N4S. The lowest BCUT2D eigenvalue weighted by Gasteiger charge is -2.06. The fourth-order valence-corrected chi connectivity index (χ4v) is 3.16. The molecule has 0 aliphatic carbocycles. The molecule has 2 heterocycles. The highest BCUT2D eigenvalue weighted by Crippen LogP contribution is 2.20. The molecule has 2 aromatic heterocycles. The lowest BCUT2D eigenvalue weighted by atomic mass is 10.1. The van der Waals surface area contributed by atoms with Gasteiger partial charge in [-0.2, -0.15) is 5.10 Å². The van der Waals surface area contributed by atoms with Crippen LogP contribution in [-0.2, 0) is 13.0 Å². The molecule has 4 nitrogen and oxygen atoms in total. The molecule has 2 rings (SSSR count). The predicted molar refractivity (Wildman–Crippen MR) is 79.7 cm³/mol. The van der Waals surface area contributed by atoms with Gasteiger partial charge >= 0.3 is 0 Å².